The number of urea groups is 1. The summed E-state index contributed by atoms with van der Waals surface area (Å²) in [5.41, 5.74) is 0.825. The molecule has 0 unspecified atom stereocenters. The maximum Gasteiger partial charge on any atom is 0.347 e. The minimum Gasteiger partial charge on any atom is -0.362 e. The number of carbonyl (C=O) groups excluding carboxylic acids is 1. The molecule has 1 heterocycles. The van der Waals surface area contributed by atoms with Gasteiger partial charge in [-0.3, -0.25) is 0 Å². The summed E-state index contributed by atoms with van der Waals surface area (Å²) >= 11 is 5.86. The number of carbonyl (C=O) groups is 1. The second kappa shape index (κ2) is 5.21. The maximum atomic E-state index is 11.9. The molecule has 0 aromatic heterocycles. The quantitative estimate of drug-likeness (QED) is 0.853. The summed E-state index contributed by atoms with van der Waals surface area (Å²) in [7, 11) is 1.96. The van der Waals surface area contributed by atoms with Crippen LogP contribution in [-0.2, 0) is 0 Å². The zero-order valence-electron chi connectivity index (χ0n) is 11.4. The Kier molecular flexibility index (Phi) is 3.80. The molecule has 4 nitrogen and oxygen atoms in total. The summed E-state index contributed by atoms with van der Waals surface area (Å²) in [5.74, 6) is 0.824. The third-order valence-electron chi connectivity index (χ3n) is 3.05. The highest BCUT2D eigenvalue weighted by molar-refractivity contribution is 6.30. The Labute approximate surface area is 118 Å². The van der Waals surface area contributed by atoms with Crippen molar-refractivity contribution in [2.45, 2.75) is 20.3 Å². The molecule has 0 bridgehead atoms. The van der Waals surface area contributed by atoms with Gasteiger partial charge in [-0.1, -0.05) is 31.5 Å². The Morgan fingerprint density at radius 2 is 2.21 bits per heavy atom. The molecule has 102 valence electrons. The number of hydrogen-bond donors (Lipinski definition) is 1. The smallest absolute Gasteiger partial charge is 0.347 e. The molecule has 0 atom stereocenters. The number of benzene rings is 1. The van der Waals surface area contributed by atoms with Crippen LogP contribution in [0.1, 0.15) is 20.3 Å². The fourth-order valence-corrected chi connectivity index (χ4v) is 2.50. The molecule has 1 aromatic carbocycles. The lowest BCUT2D eigenvalue weighted by atomic mass is 9.93. The monoisotopic (exact) mass is 279 g/mol. The topological polar surface area (TPSA) is 44.7 Å². The van der Waals surface area contributed by atoms with Crippen LogP contribution in [0.15, 0.2) is 29.3 Å². The zero-order valence-corrected chi connectivity index (χ0v) is 12.2. The van der Waals surface area contributed by atoms with Gasteiger partial charge in [0.1, 0.15) is 5.84 Å². The second-order valence-corrected chi connectivity index (χ2v) is 6.10. The summed E-state index contributed by atoms with van der Waals surface area (Å²) in [6.45, 7) is 5.25. The van der Waals surface area contributed by atoms with Crippen molar-refractivity contribution < 1.29 is 4.79 Å². The fourth-order valence-electron chi connectivity index (χ4n) is 2.31. The van der Waals surface area contributed by atoms with E-state index in [4.69, 9.17) is 11.6 Å². The Morgan fingerprint density at radius 3 is 2.79 bits per heavy atom. The molecular formula is C14H18ClN3O. The van der Waals surface area contributed by atoms with Gasteiger partial charge in [0.05, 0.1) is 0 Å². The summed E-state index contributed by atoms with van der Waals surface area (Å²) in [5, 5.41) is 3.31. The summed E-state index contributed by atoms with van der Waals surface area (Å²) < 4.78 is 0. The normalized spacial score (nSPS) is 19.8. The number of likely N-dealkylation sites (tertiary alicyclic amines) is 1. The van der Waals surface area contributed by atoms with Gasteiger partial charge in [-0.2, -0.15) is 4.99 Å². The van der Waals surface area contributed by atoms with E-state index in [0.717, 1.165) is 18.8 Å². The first kappa shape index (κ1) is 13.9. The summed E-state index contributed by atoms with van der Waals surface area (Å²) in [4.78, 5) is 18.0. The van der Waals surface area contributed by atoms with Crippen LogP contribution in [-0.4, -0.2) is 30.4 Å². The Balaban J connectivity index is 2.06. The SMILES string of the molecule is CN1CC(C)(C)C/C1=N\C(=O)Nc1cccc(Cl)c1. The molecule has 0 aliphatic carbocycles. The Morgan fingerprint density at radius 1 is 1.47 bits per heavy atom. The minimum absolute atomic E-state index is 0.171. The number of aliphatic imine (C=N–C) groups is 1. The van der Waals surface area contributed by atoms with E-state index < -0.39 is 0 Å². The van der Waals surface area contributed by atoms with Gasteiger partial charge in [-0.15, -0.1) is 0 Å². The summed E-state index contributed by atoms with van der Waals surface area (Å²) in [6.07, 6.45) is 0.812. The molecule has 5 heteroatoms. The molecule has 19 heavy (non-hydrogen) atoms. The molecule has 0 radical (unpaired) electrons. The van der Waals surface area contributed by atoms with E-state index in [1.165, 1.54) is 0 Å². The van der Waals surface area contributed by atoms with Gasteiger partial charge in [-0.05, 0) is 23.6 Å². The molecule has 1 N–H and O–H groups in total. The highest BCUT2D eigenvalue weighted by Gasteiger charge is 2.32. The number of rotatable bonds is 1. The Bertz CT molecular complexity index is 525. The van der Waals surface area contributed by atoms with E-state index in [2.05, 4.69) is 24.2 Å². The average Bonchev–Trinajstić information content (AvgIpc) is 2.51. The van der Waals surface area contributed by atoms with Gasteiger partial charge in [0.2, 0.25) is 0 Å². The van der Waals surface area contributed by atoms with Gasteiger partial charge in [0, 0.05) is 30.7 Å². The minimum atomic E-state index is -0.359. The molecule has 0 saturated carbocycles. The molecule has 2 rings (SSSR count). The van der Waals surface area contributed by atoms with Crippen LogP contribution in [0, 0.1) is 5.41 Å². The van der Waals surface area contributed by atoms with Crippen molar-refractivity contribution in [3.05, 3.63) is 29.3 Å². The number of nitrogens with one attached hydrogen (secondary N) is 1. The van der Waals surface area contributed by atoms with Crippen LogP contribution in [0.4, 0.5) is 10.5 Å². The van der Waals surface area contributed by atoms with Gasteiger partial charge in [0.15, 0.2) is 0 Å². The second-order valence-electron chi connectivity index (χ2n) is 5.67. The molecule has 1 aliphatic heterocycles. The largest absolute Gasteiger partial charge is 0.362 e. The van der Waals surface area contributed by atoms with Gasteiger partial charge in [-0.25, -0.2) is 4.79 Å². The van der Waals surface area contributed by atoms with Crippen LogP contribution in [0.2, 0.25) is 5.02 Å². The predicted octanol–water partition coefficient (Wildman–Crippen LogP) is 3.63. The van der Waals surface area contributed by atoms with E-state index in [0.29, 0.717) is 10.7 Å². The first-order valence-electron chi connectivity index (χ1n) is 6.21. The van der Waals surface area contributed by atoms with Crippen molar-refractivity contribution in [1.29, 1.82) is 0 Å². The van der Waals surface area contributed by atoms with E-state index in [1.54, 1.807) is 24.3 Å². The standard InChI is InChI=1S/C14H18ClN3O/c1-14(2)8-12(18(3)9-14)17-13(19)16-11-6-4-5-10(15)7-11/h4-7H,8-9H2,1-3H3,(H,16,19)/b17-12+. The van der Waals surface area contributed by atoms with Crippen LogP contribution in [0.3, 0.4) is 0 Å². The highest BCUT2D eigenvalue weighted by Crippen LogP contribution is 2.29. The third kappa shape index (κ3) is 3.70. The number of nitrogens with zero attached hydrogens (tertiary/aromatic N) is 2. The fraction of sp³-hybridized carbons (Fsp3) is 0.429. The predicted molar refractivity (Wildman–Crippen MR) is 78.9 cm³/mol. The van der Waals surface area contributed by atoms with E-state index in [1.807, 2.05) is 11.9 Å². The lowest BCUT2D eigenvalue weighted by Gasteiger charge is -2.15. The lowest BCUT2D eigenvalue weighted by Crippen LogP contribution is -2.23. The number of amides is 2. The van der Waals surface area contributed by atoms with Crippen LogP contribution >= 0.6 is 11.6 Å². The van der Waals surface area contributed by atoms with Gasteiger partial charge < -0.3 is 10.2 Å². The molecule has 1 fully saturated rings. The van der Waals surface area contributed by atoms with Crippen LogP contribution < -0.4 is 5.32 Å². The molecule has 2 amide bonds. The molecule has 1 aromatic rings. The molecule has 0 spiro atoms. The average molecular weight is 280 g/mol. The molecule has 1 aliphatic rings. The number of anilines is 1. The number of hydrogen-bond acceptors (Lipinski definition) is 1. The van der Waals surface area contributed by atoms with Crippen LogP contribution in [0.5, 0.6) is 0 Å². The lowest BCUT2D eigenvalue weighted by molar-refractivity contribution is 0.259. The van der Waals surface area contributed by atoms with Gasteiger partial charge in [0.25, 0.3) is 0 Å². The van der Waals surface area contributed by atoms with E-state index >= 15 is 0 Å². The van der Waals surface area contributed by atoms with Crippen molar-refractivity contribution in [2.24, 2.45) is 10.4 Å². The number of halogens is 1. The van der Waals surface area contributed by atoms with Crippen molar-refractivity contribution in [3.63, 3.8) is 0 Å². The van der Waals surface area contributed by atoms with E-state index in [9.17, 15) is 4.79 Å². The van der Waals surface area contributed by atoms with Gasteiger partial charge >= 0.3 is 6.03 Å². The first-order valence-corrected chi connectivity index (χ1v) is 6.59. The van der Waals surface area contributed by atoms with Crippen LogP contribution in [0.25, 0.3) is 0 Å². The number of amidine groups is 1. The van der Waals surface area contributed by atoms with Crippen molar-refractivity contribution in [1.82, 2.24) is 4.90 Å². The van der Waals surface area contributed by atoms with Crippen molar-refractivity contribution in [3.8, 4) is 0 Å². The highest BCUT2D eigenvalue weighted by atomic mass is 35.5. The van der Waals surface area contributed by atoms with E-state index in [-0.39, 0.29) is 11.4 Å². The van der Waals surface area contributed by atoms with Crippen molar-refractivity contribution >= 4 is 29.2 Å². The maximum absolute atomic E-state index is 11.9. The molecular weight excluding hydrogens is 262 g/mol. The summed E-state index contributed by atoms with van der Waals surface area (Å²) in [6, 6.07) is 6.67. The molecule has 1 saturated heterocycles. The Hall–Kier alpha value is -1.55. The third-order valence-corrected chi connectivity index (χ3v) is 3.28. The zero-order chi connectivity index (χ0) is 14.0. The first-order chi connectivity index (χ1) is 8.85. The van der Waals surface area contributed by atoms with Crippen molar-refractivity contribution in [2.75, 3.05) is 18.9 Å².